The second-order valence-corrected chi connectivity index (χ2v) is 5.17. The second kappa shape index (κ2) is 4.63. The molecule has 2 aliphatic heterocycles. The first-order chi connectivity index (χ1) is 9.47. The number of fused-ring (bicyclic) bond motifs is 1. The zero-order valence-electron chi connectivity index (χ0n) is 10.9. The van der Waals surface area contributed by atoms with Crippen LogP contribution in [0.15, 0.2) is 12.1 Å². The molecule has 1 fully saturated rings. The van der Waals surface area contributed by atoms with Crippen LogP contribution in [-0.4, -0.2) is 30.4 Å². The zero-order chi connectivity index (χ0) is 14.4. The molecule has 2 atom stereocenters. The van der Waals surface area contributed by atoms with Crippen LogP contribution in [0.3, 0.4) is 0 Å². The minimum atomic E-state index is -0.999. The van der Waals surface area contributed by atoms with Gasteiger partial charge in [-0.05, 0) is 25.8 Å². The molecule has 2 heterocycles. The summed E-state index contributed by atoms with van der Waals surface area (Å²) in [6.07, 6.45) is 1.51. The van der Waals surface area contributed by atoms with Crippen LogP contribution in [0.2, 0.25) is 0 Å². The third-order valence-electron chi connectivity index (χ3n) is 3.70. The van der Waals surface area contributed by atoms with E-state index in [1.807, 2.05) is 6.92 Å². The standard InChI is InChI=1S/C14H13F2NO3/c1-7-2-3-9(20-7)6-17-11-5-8(15)4-10(16)12(11)13(18)14(17)19/h4-5,7,9H,2-3,6H2,1H3. The van der Waals surface area contributed by atoms with Gasteiger partial charge in [0.25, 0.3) is 11.7 Å². The smallest absolute Gasteiger partial charge is 0.299 e. The van der Waals surface area contributed by atoms with Crippen molar-refractivity contribution in [2.24, 2.45) is 0 Å². The fraction of sp³-hybridized carbons (Fsp3) is 0.429. The maximum Gasteiger partial charge on any atom is 0.299 e. The van der Waals surface area contributed by atoms with Gasteiger partial charge in [0, 0.05) is 6.07 Å². The SMILES string of the molecule is CC1CCC(CN2C(=O)C(=O)c3c(F)cc(F)cc32)O1. The summed E-state index contributed by atoms with van der Waals surface area (Å²) in [5.41, 5.74) is -0.344. The third kappa shape index (κ3) is 2.00. The summed E-state index contributed by atoms with van der Waals surface area (Å²) >= 11 is 0. The largest absolute Gasteiger partial charge is 0.373 e. The third-order valence-corrected chi connectivity index (χ3v) is 3.70. The van der Waals surface area contributed by atoms with Crippen molar-refractivity contribution >= 4 is 17.4 Å². The molecule has 0 aliphatic carbocycles. The summed E-state index contributed by atoms with van der Waals surface area (Å²) in [4.78, 5) is 24.8. The summed E-state index contributed by atoms with van der Waals surface area (Å²) in [5.74, 6) is -3.56. The fourth-order valence-electron chi connectivity index (χ4n) is 2.74. The first-order valence-electron chi connectivity index (χ1n) is 6.48. The second-order valence-electron chi connectivity index (χ2n) is 5.17. The molecule has 106 valence electrons. The molecule has 6 heteroatoms. The molecule has 2 unspecified atom stereocenters. The normalized spacial score (nSPS) is 25.4. The number of amides is 1. The highest BCUT2D eigenvalue weighted by atomic mass is 19.1. The number of ketones is 1. The van der Waals surface area contributed by atoms with Crippen LogP contribution in [0.25, 0.3) is 0 Å². The molecular weight excluding hydrogens is 268 g/mol. The Morgan fingerprint density at radius 1 is 1.30 bits per heavy atom. The lowest BCUT2D eigenvalue weighted by molar-refractivity contribution is -0.114. The number of benzene rings is 1. The highest BCUT2D eigenvalue weighted by Gasteiger charge is 2.40. The predicted molar refractivity (Wildman–Crippen MR) is 66.6 cm³/mol. The van der Waals surface area contributed by atoms with Crippen molar-refractivity contribution in [1.82, 2.24) is 0 Å². The van der Waals surface area contributed by atoms with E-state index in [-0.39, 0.29) is 30.0 Å². The van der Waals surface area contributed by atoms with Crippen molar-refractivity contribution in [2.75, 3.05) is 11.4 Å². The molecule has 4 nitrogen and oxygen atoms in total. The van der Waals surface area contributed by atoms with Gasteiger partial charge in [-0.15, -0.1) is 0 Å². The molecule has 2 aliphatic rings. The molecule has 0 N–H and O–H groups in total. The molecule has 0 aromatic heterocycles. The minimum Gasteiger partial charge on any atom is -0.373 e. The number of Topliss-reactive ketones (excluding diaryl/α,β-unsaturated/α-hetero) is 1. The quantitative estimate of drug-likeness (QED) is 0.780. The minimum absolute atomic E-state index is 0.000605. The van der Waals surface area contributed by atoms with Gasteiger partial charge in [-0.25, -0.2) is 8.78 Å². The molecular formula is C14H13F2NO3. The lowest BCUT2D eigenvalue weighted by Gasteiger charge is -2.20. The Labute approximate surface area is 114 Å². The maximum atomic E-state index is 13.7. The summed E-state index contributed by atoms with van der Waals surface area (Å²) in [6.45, 7) is 2.06. The van der Waals surface area contributed by atoms with Crippen molar-refractivity contribution < 1.29 is 23.1 Å². The van der Waals surface area contributed by atoms with Crippen LogP contribution in [0, 0.1) is 11.6 Å². The van der Waals surface area contributed by atoms with Gasteiger partial charge in [-0.1, -0.05) is 0 Å². The Morgan fingerprint density at radius 2 is 2.05 bits per heavy atom. The molecule has 1 amide bonds. The monoisotopic (exact) mass is 281 g/mol. The first kappa shape index (κ1) is 13.2. The van der Waals surface area contributed by atoms with Gasteiger partial charge in [0.1, 0.15) is 11.6 Å². The van der Waals surface area contributed by atoms with Crippen molar-refractivity contribution in [3.8, 4) is 0 Å². The fourth-order valence-corrected chi connectivity index (χ4v) is 2.74. The van der Waals surface area contributed by atoms with Crippen molar-refractivity contribution in [2.45, 2.75) is 32.0 Å². The van der Waals surface area contributed by atoms with Gasteiger partial charge < -0.3 is 9.64 Å². The first-order valence-corrected chi connectivity index (χ1v) is 6.48. The average Bonchev–Trinajstić information content (AvgIpc) is 2.87. The van der Waals surface area contributed by atoms with Gasteiger partial charge >= 0.3 is 0 Å². The zero-order valence-corrected chi connectivity index (χ0v) is 10.9. The number of anilines is 1. The molecule has 0 bridgehead atoms. The maximum absolute atomic E-state index is 13.7. The van der Waals surface area contributed by atoms with E-state index in [1.165, 1.54) is 0 Å². The number of ether oxygens (including phenoxy) is 1. The topological polar surface area (TPSA) is 46.6 Å². The summed E-state index contributed by atoms with van der Waals surface area (Å²) < 4.78 is 32.5. The number of carbonyl (C=O) groups is 2. The number of hydrogen-bond donors (Lipinski definition) is 0. The van der Waals surface area contributed by atoms with Crippen LogP contribution in [-0.2, 0) is 9.53 Å². The van der Waals surface area contributed by atoms with Gasteiger partial charge in [-0.2, -0.15) is 0 Å². The van der Waals surface area contributed by atoms with Crippen molar-refractivity contribution in [3.63, 3.8) is 0 Å². The number of rotatable bonds is 2. The molecule has 1 saturated heterocycles. The molecule has 1 aromatic rings. The van der Waals surface area contributed by atoms with Gasteiger partial charge in [0.2, 0.25) is 0 Å². The Morgan fingerprint density at radius 3 is 2.70 bits per heavy atom. The number of nitrogens with zero attached hydrogens (tertiary/aromatic N) is 1. The van der Waals surface area contributed by atoms with E-state index in [0.717, 1.165) is 23.8 Å². The molecule has 20 heavy (non-hydrogen) atoms. The Bertz CT molecular complexity index is 602. The highest BCUT2D eigenvalue weighted by molar-refractivity contribution is 6.52. The van der Waals surface area contributed by atoms with E-state index in [4.69, 9.17) is 4.74 Å². The molecule has 0 radical (unpaired) electrons. The molecule has 1 aromatic carbocycles. The highest BCUT2D eigenvalue weighted by Crippen LogP contribution is 2.33. The van der Waals surface area contributed by atoms with Crippen LogP contribution in [0.5, 0.6) is 0 Å². The van der Waals surface area contributed by atoms with Gasteiger partial charge in [-0.3, -0.25) is 9.59 Å². The molecule has 0 spiro atoms. The van der Waals surface area contributed by atoms with E-state index < -0.39 is 23.3 Å². The Hall–Kier alpha value is -1.82. The summed E-state index contributed by atoms with van der Waals surface area (Å²) in [5, 5.41) is 0. The molecule has 3 rings (SSSR count). The van der Waals surface area contributed by atoms with E-state index in [2.05, 4.69) is 0 Å². The lowest BCUT2D eigenvalue weighted by Crippen LogP contribution is -2.36. The van der Waals surface area contributed by atoms with E-state index in [0.29, 0.717) is 6.07 Å². The van der Waals surface area contributed by atoms with Crippen LogP contribution in [0.4, 0.5) is 14.5 Å². The van der Waals surface area contributed by atoms with E-state index >= 15 is 0 Å². The number of carbonyl (C=O) groups excluding carboxylic acids is 2. The summed E-state index contributed by atoms with van der Waals surface area (Å²) in [6, 6.07) is 1.63. The summed E-state index contributed by atoms with van der Waals surface area (Å²) in [7, 11) is 0. The Kier molecular flexibility index (Phi) is 3.05. The van der Waals surface area contributed by atoms with E-state index in [9.17, 15) is 18.4 Å². The average molecular weight is 281 g/mol. The molecule has 0 saturated carbocycles. The lowest BCUT2D eigenvalue weighted by atomic mass is 10.1. The van der Waals surface area contributed by atoms with Crippen LogP contribution >= 0.6 is 0 Å². The van der Waals surface area contributed by atoms with E-state index in [1.54, 1.807) is 0 Å². The predicted octanol–water partition coefficient (Wildman–Crippen LogP) is 2.06. The van der Waals surface area contributed by atoms with Gasteiger partial charge in [0.15, 0.2) is 0 Å². The van der Waals surface area contributed by atoms with Crippen molar-refractivity contribution in [3.05, 3.63) is 29.3 Å². The van der Waals surface area contributed by atoms with Crippen LogP contribution < -0.4 is 4.90 Å². The number of halogens is 2. The Balaban J connectivity index is 1.94. The number of hydrogen-bond acceptors (Lipinski definition) is 3. The van der Waals surface area contributed by atoms with Gasteiger partial charge in [0.05, 0.1) is 30.0 Å². The van der Waals surface area contributed by atoms with Crippen LogP contribution in [0.1, 0.15) is 30.1 Å². The van der Waals surface area contributed by atoms with Crippen molar-refractivity contribution in [1.29, 1.82) is 0 Å².